The average Bonchev–Trinajstić information content (AvgIpc) is 4.04. The summed E-state index contributed by atoms with van der Waals surface area (Å²) in [5.41, 5.74) is 18.6. The summed E-state index contributed by atoms with van der Waals surface area (Å²) in [7, 11) is 0. The highest BCUT2D eigenvalue weighted by atomic mass is 19.1. The lowest BCUT2D eigenvalue weighted by Crippen LogP contribution is -2.15. The molecule has 0 bridgehead atoms. The third-order valence-corrected chi connectivity index (χ3v) is 15.7. The van der Waals surface area contributed by atoms with E-state index in [2.05, 4.69) is 183 Å². The quantitative estimate of drug-likeness (QED) is 0.173. The Hall–Kier alpha value is -8.29. The fourth-order valence-electron chi connectivity index (χ4n) is 12.2. The number of fused-ring (bicyclic) bond motifs is 12. The molecule has 0 N–H and O–H groups in total. The number of halogens is 2. The molecular formula is C63H45F2N5. The number of para-hydroxylation sites is 3. The summed E-state index contributed by atoms with van der Waals surface area (Å²) in [4.78, 5) is 18.4. The van der Waals surface area contributed by atoms with Gasteiger partial charge in [0.2, 0.25) is 5.95 Å². The minimum Gasteiger partial charge on any atom is -0.313 e. The van der Waals surface area contributed by atoms with Gasteiger partial charge in [0.1, 0.15) is 11.6 Å². The number of hydrogen-bond acceptors (Lipinski definition) is 4. The third-order valence-electron chi connectivity index (χ3n) is 15.7. The molecule has 3 heterocycles. The Bertz CT molecular complexity index is 3840. The van der Waals surface area contributed by atoms with Gasteiger partial charge in [-0.15, -0.1) is 0 Å². The van der Waals surface area contributed by atoms with E-state index in [0.717, 1.165) is 83.9 Å². The van der Waals surface area contributed by atoms with Crippen LogP contribution in [-0.4, -0.2) is 19.5 Å². The molecular weight excluding hydrogens is 865 g/mol. The van der Waals surface area contributed by atoms with Crippen molar-refractivity contribution in [2.45, 2.75) is 50.9 Å². The third kappa shape index (κ3) is 5.84. The predicted octanol–water partition coefficient (Wildman–Crippen LogP) is 15.8. The van der Waals surface area contributed by atoms with Crippen molar-refractivity contribution in [2.24, 2.45) is 0 Å². The Kier molecular flexibility index (Phi) is 8.51. The number of anilines is 2. The van der Waals surface area contributed by atoms with Crippen LogP contribution >= 0.6 is 0 Å². The molecule has 0 spiro atoms. The van der Waals surface area contributed by atoms with E-state index < -0.39 is 10.8 Å². The molecule has 0 saturated heterocycles. The van der Waals surface area contributed by atoms with Crippen LogP contribution in [0.15, 0.2) is 188 Å². The summed E-state index contributed by atoms with van der Waals surface area (Å²) in [6, 6.07) is 57.7. The van der Waals surface area contributed by atoms with Gasteiger partial charge in [-0.05, 0) is 147 Å². The normalized spacial score (nSPS) is 16.6. The van der Waals surface area contributed by atoms with E-state index in [4.69, 9.17) is 15.0 Å². The van der Waals surface area contributed by atoms with Crippen LogP contribution in [0.4, 0.5) is 20.2 Å². The fraction of sp³-hybridized carbons (Fsp3) is 0.127. The van der Waals surface area contributed by atoms with Crippen LogP contribution in [-0.2, 0) is 10.8 Å². The SMILES string of the molecule is CC1(C)c2cc(F)ccc2-c2ccc(-c3nc(-c4ccc5c(c4)C(C)(C)c4cc(F)ccc4-5)nc(-n4c5ccccc5c5cc(C6=CC=C7C(C6)c6ccccc6N7c6ccccc6)ccc54)n3)cc21. The molecule has 7 heteroatoms. The Morgan fingerprint density at radius 1 is 0.486 bits per heavy atom. The first-order chi connectivity index (χ1) is 34.0. The van der Waals surface area contributed by atoms with E-state index in [-0.39, 0.29) is 17.6 Å². The molecule has 10 aromatic rings. The number of nitrogens with zero attached hydrogens (tertiary/aromatic N) is 5. The maximum Gasteiger partial charge on any atom is 0.238 e. The van der Waals surface area contributed by atoms with Gasteiger partial charge in [0.05, 0.1) is 11.0 Å². The van der Waals surface area contributed by atoms with Crippen molar-refractivity contribution in [2.75, 3.05) is 4.90 Å². The molecule has 2 aromatic heterocycles. The predicted molar refractivity (Wildman–Crippen MR) is 279 cm³/mol. The molecule has 0 radical (unpaired) electrons. The molecule has 0 amide bonds. The maximum atomic E-state index is 14.7. The van der Waals surface area contributed by atoms with E-state index in [9.17, 15) is 8.78 Å². The summed E-state index contributed by atoms with van der Waals surface area (Å²) in [6.07, 6.45) is 5.50. The van der Waals surface area contributed by atoms with Gasteiger partial charge in [-0.25, -0.2) is 13.8 Å². The molecule has 0 saturated carbocycles. The van der Waals surface area contributed by atoms with E-state index in [0.29, 0.717) is 17.6 Å². The zero-order chi connectivity index (χ0) is 47.2. The lowest BCUT2D eigenvalue weighted by atomic mass is 9.82. The minimum atomic E-state index is -0.445. The van der Waals surface area contributed by atoms with Gasteiger partial charge in [0, 0.05) is 55.7 Å². The van der Waals surface area contributed by atoms with Crippen molar-refractivity contribution in [1.82, 2.24) is 19.5 Å². The van der Waals surface area contributed by atoms with Crippen molar-refractivity contribution < 1.29 is 8.78 Å². The molecule has 1 unspecified atom stereocenters. The highest BCUT2D eigenvalue weighted by Gasteiger charge is 2.39. The van der Waals surface area contributed by atoms with Crippen molar-refractivity contribution in [1.29, 1.82) is 0 Å². The summed E-state index contributed by atoms with van der Waals surface area (Å²) >= 11 is 0. The van der Waals surface area contributed by atoms with E-state index in [1.54, 1.807) is 12.1 Å². The van der Waals surface area contributed by atoms with Gasteiger partial charge in [-0.3, -0.25) is 4.57 Å². The molecule has 3 aliphatic carbocycles. The molecule has 4 aliphatic rings. The van der Waals surface area contributed by atoms with Gasteiger partial charge in [-0.1, -0.05) is 131 Å². The standard InChI is InChI=1S/C63H45F2N5/c1-62(2)51-32-38(18-24-43(51)45-26-22-40(64)34-53(45)62)59-66-60(39-19-25-44-46-27-23-41(65)35-54(46)63(3,4)52(44)33-39)68-61(67-59)70-56-17-11-9-15-48(56)50-31-37(21-29-58(50)70)36-20-28-57-49(30-36)47-14-8-10-16-55(47)69(57)42-12-6-5-7-13-42/h5-29,31-35,49H,30H2,1-4H3. The minimum absolute atomic E-state index is 0.232. The van der Waals surface area contributed by atoms with Gasteiger partial charge in [0.25, 0.3) is 0 Å². The first-order valence-corrected chi connectivity index (χ1v) is 24.1. The smallest absolute Gasteiger partial charge is 0.238 e. The summed E-state index contributed by atoms with van der Waals surface area (Å²) in [5, 5.41) is 2.21. The van der Waals surface area contributed by atoms with Crippen LogP contribution in [0.25, 0.3) is 78.4 Å². The Balaban J connectivity index is 0.929. The zero-order valence-electron chi connectivity index (χ0n) is 39.1. The van der Waals surface area contributed by atoms with Crippen molar-refractivity contribution in [3.05, 3.63) is 233 Å². The molecule has 8 aromatic carbocycles. The molecule has 14 rings (SSSR count). The van der Waals surface area contributed by atoms with Gasteiger partial charge in [-0.2, -0.15) is 9.97 Å². The van der Waals surface area contributed by atoms with Crippen molar-refractivity contribution in [3.63, 3.8) is 0 Å². The molecule has 1 atom stereocenters. The molecule has 0 fully saturated rings. The molecule has 70 heavy (non-hydrogen) atoms. The first-order valence-electron chi connectivity index (χ1n) is 24.1. The highest BCUT2D eigenvalue weighted by Crippen LogP contribution is 2.54. The van der Waals surface area contributed by atoms with Gasteiger partial charge in [0.15, 0.2) is 11.6 Å². The summed E-state index contributed by atoms with van der Waals surface area (Å²) in [5.74, 6) is 1.31. The molecule has 336 valence electrons. The number of hydrogen-bond donors (Lipinski definition) is 0. The van der Waals surface area contributed by atoms with Crippen LogP contribution in [0.5, 0.6) is 0 Å². The molecule has 1 aliphatic heterocycles. The summed E-state index contributed by atoms with van der Waals surface area (Å²) < 4.78 is 31.6. The number of aromatic nitrogens is 4. The van der Waals surface area contributed by atoms with E-state index in [1.807, 2.05) is 12.1 Å². The number of allylic oxidation sites excluding steroid dienone is 4. The van der Waals surface area contributed by atoms with E-state index in [1.165, 1.54) is 45.9 Å². The second-order valence-electron chi connectivity index (χ2n) is 20.3. The monoisotopic (exact) mass is 909 g/mol. The van der Waals surface area contributed by atoms with Crippen LogP contribution in [0, 0.1) is 11.6 Å². The Morgan fingerprint density at radius 3 is 1.69 bits per heavy atom. The summed E-state index contributed by atoms with van der Waals surface area (Å²) in [6.45, 7) is 8.60. The van der Waals surface area contributed by atoms with Crippen LogP contribution in [0.2, 0.25) is 0 Å². The van der Waals surface area contributed by atoms with Crippen molar-refractivity contribution in [3.8, 4) is 51.0 Å². The topological polar surface area (TPSA) is 46.8 Å². The van der Waals surface area contributed by atoms with Crippen LogP contribution in [0.1, 0.15) is 73.4 Å². The second kappa shape index (κ2) is 14.6. The average molecular weight is 910 g/mol. The van der Waals surface area contributed by atoms with Crippen molar-refractivity contribution >= 4 is 38.8 Å². The Morgan fingerprint density at radius 2 is 1.03 bits per heavy atom. The molecule has 5 nitrogen and oxygen atoms in total. The van der Waals surface area contributed by atoms with Crippen LogP contribution < -0.4 is 4.90 Å². The lowest BCUT2D eigenvalue weighted by Gasteiger charge is -2.26. The zero-order valence-corrected chi connectivity index (χ0v) is 39.1. The maximum absolute atomic E-state index is 14.7. The number of benzene rings is 8. The largest absolute Gasteiger partial charge is 0.313 e. The highest BCUT2D eigenvalue weighted by molar-refractivity contribution is 6.10. The van der Waals surface area contributed by atoms with E-state index >= 15 is 0 Å². The van der Waals surface area contributed by atoms with Gasteiger partial charge < -0.3 is 4.90 Å². The van der Waals surface area contributed by atoms with Gasteiger partial charge >= 0.3 is 0 Å². The van der Waals surface area contributed by atoms with Crippen LogP contribution in [0.3, 0.4) is 0 Å². The number of rotatable bonds is 5. The second-order valence-corrected chi connectivity index (χ2v) is 20.3. The lowest BCUT2D eigenvalue weighted by molar-refractivity contribution is 0.609. The fourth-order valence-corrected chi connectivity index (χ4v) is 12.2. The first kappa shape index (κ1) is 40.7. The Labute approximate surface area is 404 Å².